The van der Waals surface area contributed by atoms with E-state index in [0.29, 0.717) is 5.92 Å². The zero-order chi connectivity index (χ0) is 15.2. The SMILES string of the molecule is COCCN(Cc1nc(C(C)C)cs1)Cc1sccc1C. The van der Waals surface area contributed by atoms with E-state index in [1.165, 1.54) is 21.1 Å². The second-order valence-corrected chi connectivity index (χ2v) is 7.49. The summed E-state index contributed by atoms with van der Waals surface area (Å²) in [5.74, 6) is 0.502. The molecule has 2 rings (SSSR count). The quantitative estimate of drug-likeness (QED) is 0.724. The van der Waals surface area contributed by atoms with Crippen LogP contribution in [0.25, 0.3) is 0 Å². The number of aromatic nitrogens is 1. The third kappa shape index (κ3) is 4.88. The van der Waals surface area contributed by atoms with Crippen molar-refractivity contribution in [3.05, 3.63) is 38.0 Å². The van der Waals surface area contributed by atoms with Gasteiger partial charge in [-0.2, -0.15) is 0 Å². The molecule has 2 aromatic rings. The fourth-order valence-corrected chi connectivity index (χ4v) is 4.00. The highest BCUT2D eigenvalue weighted by molar-refractivity contribution is 7.10. The van der Waals surface area contributed by atoms with Crippen LogP contribution >= 0.6 is 22.7 Å². The Hall–Kier alpha value is -0.750. The second kappa shape index (κ2) is 8.03. The Morgan fingerprint density at radius 3 is 2.67 bits per heavy atom. The maximum Gasteiger partial charge on any atom is 0.107 e. The van der Waals surface area contributed by atoms with Crippen molar-refractivity contribution in [1.29, 1.82) is 0 Å². The Labute approximate surface area is 135 Å². The normalized spacial score (nSPS) is 11.7. The highest BCUT2D eigenvalue weighted by Crippen LogP contribution is 2.22. The first-order valence-electron chi connectivity index (χ1n) is 7.28. The highest BCUT2D eigenvalue weighted by atomic mass is 32.1. The smallest absolute Gasteiger partial charge is 0.107 e. The summed E-state index contributed by atoms with van der Waals surface area (Å²) in [5.41, 5.74) is 2.58. The van der Waals surface area contributed by atoms with E-state index in [2.05, 4.69) is 42.5 Å². The van der Waals surface area contributed by atoms with Crippen LogP contribution in [0.1, 0.15) is 40.9 Å². The molecular formula is C16H24N2OS2. The molecular weight excluding hydrogens is 300 g/mol. The minimum Gasteiger partial charge on any atom is -0.383 e. The van der Waals surface area contributed by atoms with Crippen LogP contribution in [0.5, 0.6) is 0 Å². The molecule has 0 aromatic carbocycles. The number of hydrogen-bond donors (Lipinski definition) is 0. The van der Waals surface area contributed by atoms with Crippen molar-refractivity contribution in [1.82, 2.24) is 9.88 Å². The lowest BCUT2D eigenvalue weighted by Crippen LogP contribution is -2.26. The maximum absolute atomic E-state index is 5.25. The zero-order valence-corrected chi connectivity index (χ0v) is 14.9. The van der Waals surface area contributed by atoms with Gasteiger partial charge < -0.3 is 4.74 Å². The van der Waals surface area contributed by atoms with Gasteiger partial charge in [0.15, 0.2) is 0 Å². The lowest BCUT2D eigenvalue weighted by molar-refractivity contribution is 0.140. The molecule has 0 atom stereocenters. The van der Waals surface area contributed by atoms with E-state index in [9.17, 15) is 0 Å². The van der Waals surface area contributed by atoms with E-state index in [0.717, 1.165) is 26.2 Å². The third-order valence-corrected chi connectivity index (χ3v) is 5.33. The molecule has 0 aliphatic heterocycles. The van der Waals surface area contributed by atoms with Gasteiger partial charge in [-0.3, -0.25) is 4.90 Å². The van der Waals surface area contributed by atoms with Gasteiger partial charge in [0.1, 0.15) is 5.01 Å². The number of hydrogen-bond acceptors (Lipinski definition) is 5. The zero-order valence-electron chi connectivity index (χ0n) is 13.3. The molecule has 0 aliphatic rings. The van der Waals surface area contributed by atoms with Gasteiger partial charge in [0.2, 0.25) is 0 Å². The average molecular weight is 325 g/mol. The minimum absolute atomic E-state index is 0.502. The molecule has 0 saturated carbocycles. The van der Waals surface area contributed by atoms with Crippen molar-refractivity contribution in [2.45, 2.75) is 39.8 Å². The van der Waals surface area contributed by atoms with Crippen molar-refractivity contribution >= 4 is 22.7 Å². The van der Waals surface area contributed by atoms with Gasteiger partial charge in [-0.25, -0.2) is 4.98 Å². The predicted molar refractivity (Wildman–Crippen MR) is 91.2 cm³/mol. The van der Waals surface area contributed by atoms with Crippen LogP contribution in [0.2, 0.25) is 0 Å². The van der Waals surface area contributed by atoms with Crippen LogP contribution < -0.4 is 0 Å². The molecule has 2 aromatic heterocycles. The van der Waals surface area contributed by atoms with Gasteiger partial charge in [0.25, 0.3) is 0 Å². The van der Waals surface area contributed by atoms with E-state index in [1.807, 2.05) is 11.3 Å². The number of nitrogens with zero attached hydrogens (tertiary/aromatic N) is 2. The predicted octanol–water partition coefficient (Wildman–Crippen LogP) is 4.29. The van der Waals surface area contributed by atoms with Gasteiger partial charge in [-0.05, 0) is 29.9 Å². The lowest BCUT2D eigenvalue weighted by Gasteiger charge is -2.20. The molecule has 0 unspecified atom stereocenters. The number of aryl methyl sites for hydroxylation is 1. The van der Waals surface area contributed by atoms with Gasteiger partial charge in [0.05, 0.1) is 18.8 Å². The molecule has 0 radical (unpaired) electrons. The first-order chi connectivity index (χ1) is 10.1. The molecule has 0 fully saturated rings. The lowest BCUT2D eigenvalue weighted by atomic mass is 10.2. The Bertz CT molecular complexity index is 548. The van der Waals surface area contributed by atoms with Crippen LogP contribution in [0.15, 0.2) is 16.8 Å². The van der Waals surface area contributed by atoms with Crippen molar-refractivity contribution in [2.24, 2.45) is 0 Å². The van der Waals surface area contributed by atoms with E-state index >= 15 is 0 Å². The van der Waals surface area contributed by atoms with Crippen molar-refractivity contribution in [2.75, 3.05) is 20.3 Å². The van der Waals surface area contributed by atoms with Gasteiger partial charge in [0, 0.05) is 30.5 Å². The fourth-order valence-electron chi connectivity index (χ4n) is 2.06. The molecule has 0 amide bonds. The van der Waals surface area contributed by atoms with Crippen LogP contribution in [0.4, 0.5) is 0 Å². The number of thiazole rings is 1. The summed E-state index contributed by atoms with van der Waals surface area (Å²) in [7, 11) is 1.76. The molecule has 0 aliphatic carbocycles. The molecule has 21 heavy (non-hydrogen) atoms. The molecule has 3 nitrogen and oxygen atoms in total. The van der Waals surface area contributed by atoms with E-state index in [-0.39, 0.29) is 0 Å². The van der Waals surface area contributed by atoms with E-state index in [4.69, 9.17) is 9.72 Å². The molecule has 0 spiro atoms. The summed E-state index contributed by atoms with van der Waals surface area (Å²) >= 11 is 3.60. The van der Waals surface area contributed by atoms with Crippen molar-refractivity contribution in [3.63, 3.8) is 0 Å². The van der Waals surface area contributed by atoms with Gasteiger partial charge >= 0.3 is 0 Å². The largest absolute Gasteiger partial charge is 0.383 e. The molecule has 0 N–H and O–H groups in total. The number of methoxy groups -OCH3 is 1. The molecule has 0 bridgehead atoms. The number of ether oxygens (including phenoxy) is 1. The van der Waals surface area contributed by atoms with Gasteiger partial charge in [-0.1, -0.05) is 13.8 Å². The Morgan fingerprint density at radius 2 is 2.10 bits per heavy atom. The third-order valence-electron chi connectivity index (χ3n) is 3.47. The summed E-state index contributed by atoms with van der Waals surface area (Å²) in [6.07, 6.45) is 0. The van der Waals surface area contributed by atoms with E-state index in [1.54, 1.807) is 18.4 Å². The first kappa shape index (κ1) is 16.6. The van der Waals surface area contributed by atoms with E-state index < -0.39 is 0 Å². The topological polar surface area (TPSA) is 25.4 Å². The van der Waals surface area contributed by atoms with Crippen LogP contribution in [0, 0.1) is 6.92 Å². The number of thiophene rings is 1. The van der Waals surface area contributed by atoms with Crippen molar-refractivity contribution < 1.29 is 4.74 Å². The minimum atomic E-state index is 0.502. The fraction of sp³-hybridized carbons (Fsp3) is 0.562. The molecule has 2 heterocycles. The van der Waals surface area contributed by atoms with Crippen LogP contribution in [-0.4, -0.2) is 30.1 Å². The Balaban J connectivity index is 2.02. The summed E-state index contributed by atoms with van der Waals surface area (Å²) in [4.78, 5) is 8.61. The monoisotopic (exact) mass is 324 g/mol. The summed E-state index contributed by atoms with van der Waals surface area (Å²) in [6, 6.07) is 2.19. The first-order valence-corrected chi connectivity index (χ1v) is 9.04. The van der Waals surface area contributed by atoms with Crippen LogP contribution in [-0.2, 0) is 17.8 Å². The van der Waals surface area contributed by atoms with Crippen molar-refractivity contribution in [3.8, 4) is 0 Å². The Kier molecular flexibility index (Phi) is 6.36. The maximum atomic E-state index is 5.25. The molecule has 0 saturated heterocycles. The standard InChI is InChI=1S/C16H24N2OS2/c1-12(2)14-11-21-16(17-14)10-18(6-7-19-4)9-15-13(3)5-8-20-15/h5,8,11-12H,6-7,9-10H2,1-4H3. The number of rotatable bonds is 8. The van der Waals surface area contributed by atoms with Gasteiger partial charge in [-0.15, -0.1) is 22.7 Å². The molecule has 5 heteroatoms. The molecule has 116 valence electrons. The van der Waals surface area contributed by atoms with Crippen LogP contribution in [0.3, 0.4) is 0 Å². The summed E-state index contributed by atoms with van der Waals surface area (Å²) < 4.78 is 5.25. The highest BCUT2D eigenvalue weighted by Gasteiger charge is 2.13. The summed E-state index contributed by atoms with van der Waals surface area (Å²) in [6.45, 7) is 10.1. The summed E-state index contributed by atoms with van der Waals surface area (Å²) in [5, 5.41) is 5.55. The average Bonchev–Trinajstić information content (AvgIpc) is 3.06. The Morgan fingerprint density at radius 1 is 1.29 bits per heavy atom. The second-order valence-electron chi connectivity index (χ2n) is 5.55.